The van der Waals surface area contributed by atoms with Crippen LogP contribution in [0.4, 0.5) is 5.82 Å². The number of piperidine rings is 1. The predicted molar refractivity (Wildman–Crippen MR) is 76.3 cm³/mol. The predicted octanol–water partition coefficient (Wildman–Crippen LogP) is 2.05. The minimum atomic E-state index is 0.253. The number of anilines is 1. The van der Waals surface area contributed by atoms with Gasteiger partial charge in [0.25, 0.3) is 0 Å². The van der Waals surface area contributed by atoms with Gasteiger partial charge < -0.3 is 15.4 Å². The third kappa shape index (κ3) is 3.80. The van der Waals surface area contributed by atoms with Crippen molar-refractivity contribution in [2.45, 2.75) is 45.1 Å². The van der Waals surface area contributed by atoms with E-state index >= 15 is 0 Å². The Kier molecular flexibility index (Phi) is 4.58. The number of hydrogen-bond donors (Lipinski definition) is 1. The molecule has 5 nitrogen and oxygen atoms in total. The summed E-state index contributed by atoms with van der Waals surface area (Å²) in [5.41, 5.74) is 5.79. The summed E-state index contributed by atoms with van der Waals surface area (Å²) in [6, 6.07) is 2.18. The number of aromatic nitrogens is 2. The van der Waals surface area contributed by atoms with Gasteiger partial charge in [0.15, 0.2) is 0 Å². The van der Waals surface area contributed by atoms with Crippen LogP contribution in [0.3, 0.4) is 0 Å². The van der Waals surface area contributed by atoms with Gasteiger partial charge >= 0.3 is 0 Å². The lowest BCUT2D eigenvalue weighted by atomic mass is 10.0. The van der Waals surface area contributed by atoms with Gasteiger partial charge in [0.1, 0.15) is 18.2 Å². The maximum atomic E-state index is 5.81. The highest BCUT2D eigenvalue weighted by Crippen LogP contribution is 2.19. The number of nitrogens with two attached hydrogens (primary N) is 1. The first-order valence-corrected chi connectivity index (χ1v) is 7.03. The van der Waals surface area contributed by atoms with Crippen molar-refractivity contribution >= 4 is 5.82 Å². The van der Waals surface area contributed by atoms with Crippen LogP contribution in [-0.2, 0) is 0 Å². The van der Waals surface area contributed by atoms with E-state index in [0.29, 0.717) is 24.3 Å². The molecule has 1 aliphatic rings. The van der Waals surface area contributed by atoms with Crippen molar-refractivity contribution in [2.24, 2.45) is 0 Å². The van der Waals surface area contributed by atoms with Gasteiger partial charge in [0.05, 0.1) is 0 Å². The molecular weight excluding hydrogens is 240 g/mol. The Morgan fingerprint density at radius 2 is 2.21 bits per heavy atom. The highest BCUT2D eigenvalue weighted by molar-refractivity contribution is 5.33. The summed E-state index contributed by atoms with van der Waals surface area (Å²) >= 11 is 0. The average molecular weight is 264 g/mol. The van der Waals surface area contributed by atoms with Crippen molar-refractivity contribution < 1.29 is 4.74 Å². The first-order valence-electron chi connectivity index (χ1n) is 7.03. The second-order valence-corrected chi connectivity index (χ2v) is 5.59. The SMILES string of the molecule is CC(C)c1nc(N)cc(OCC2CCCCN2C)n1. The van der Waals surface area contributed by atoms with E-state index in [9.17, 15) is 0 Å². The van der Waals surface area contributed by atoms with Crippen molar-refractivity contribution in [1.29, 1.82) is 0 Å². The summed E-state index contributed by atoms with van der Waals surface area (Å²) in [6.07, 6.45) is 3.75. The smallest absolute Gasteiger partial charge is 0.218 e. The van der Waals surface area contributed by atoms with Crippen LogP contribution in [0.25, 0.3) is 0 Å². The lowest BCUT2D eigenvalue weighted by Gasteiger charge is -2.32. The van der Waals surface area contributed by atoms with Crippen molar-refractivity contribution in [3.63, 3.8) is 0 Å². The number of rotatable bonds is 4. The Hall–Kier alpha value is -1.36. The molecule has 1 saturated heterocycles. The van der Waals surface area contributed by atoms with Gasteiger partial charge in [0.2, 0.25) is 5.88 Å². The lowest BCUT2D eigenvalue weighted by Crippen LogP contribution is -2.40. The van der Waals surface area contributed by atoms with E-state index in [1.807, 2.05) is 13.8 Å². The Morgan fingerprint density at radius 3 is 2.89 bits per heavy atom. The molecule has 1 aromatic rings. The van der Waals surface area contributed by atoms with Crippen LogP contribution < -0.4 is 10.5 Å². The molecule has 1 atom stereocenters. The highest BCUT2D eigenvalue weighted by atomic mass is 16.5. The highest BCUT2D eigenvalue weighted by Gasteiger charge is 2.19. The molecular formula is C14H24N4O. The molecule has 5 heteroatoms. The summed E-state index contributed by atoms with van der Waals surface area (Å²) < 4.78 is 5.81. The van der Waals surface area contributed by atoms with E-state index in [1.165, 1.54) is 19.3 Å². The maximum absolute atomic E-state index is 5.81. The molecule has 1 aliphatic heterocycles. The molecule has 1 unspecified atom stereocenters. The molecule has 2 rings (SSSR count). The third-order valence-electron chi connectivity index (χ3n) is 3.60. The zero-order valence-electron chi connectivity index (χ0n) is 12.1. The van der Waals surface area contributed by atoms with Gasteiger partial charge in [-0.05, 0) is 26.4 Å². The molecule has 0 aromatic carbocycles. The van der Waals surface area contributed by atoms with E-state index in [2.05, 4.69) is 21.9 Å². The first-order chi connectivity index (χ1) is 9.06. The van der Waals surface area contributed by atoms with Gasteiger partial charge in [-0.1, -0.05) is 20.3 Å². The first kappa shape index (κ1) is 14.1. The van der Waals surface area contributed by atoms with Crippen LogP contribution in [0.15, 0.2) is 6.07 Å². The van der Waals surface area contributed by atoms with Crippen molar-refractivity contribution in [3.8, 4) is 5.88 Å². The van der Waals surface area contributed by atoms with Gasteiger partial charge in [-0.25, -0.2) is 4.98 Å². The molecule has 2 N–H and O–H groups in total. The monoisotopic (exact) mass is 264 g/mol. The molecule has 0 radical (unpaired) electrons. The van der Waals surface area contributed by atoms with Crippen LogP contribution in [0.1, 0.15) is 44.9 Å². The van der Waals surface area contributed by atoms with E-state index in [0.717, 1.165) is 12.4 Å². The normalized spacial score (nSPS) is 20.7. The minimum absolute atomic E-state index is 0.253. The number of likely N-dealkylation sites (N-methyl/N-ethyl adjacent to an activating group) is 1. The van der Waals surface area contributed by atoms with Crippen molar-refractivity contribution in [2.75, 3.05) is 25.9 Å². The molecule has 0 spiro atoms. The topological polar surface area (TPSA) is 64.3 Å². The zero-order chi connectivity index (χ0) is 13.8. The van der Waals surface area contributed by atoms with Crippen molar-refractivity contribution in [3.05, 3.63) is 11.9 Å². The Morgan fingerprint density at radius 1 is 1.42 bits per heavy atom. The maximum Gasteiger partial charge on any atom is 0.218 e. The summed E-state index contributed by atoms with van der Waals surface area (Å²) in [5, 5.41) is 0. The quantitative estimate of drug-likeness (QED) is 0.901. The molecule has 2 heterocycles. The largest absolute Gasteiger partial charge is 0.476 e. The third-order valence-corrected chi connectivity index (χ3v) is 3.60. The standard InChI is InChI=1S/C14H24N4O/c1-10(2)14-16-12(15)8-13(17-14)19-9-11-6-4-5-7-18(11)3/h8,10-11H,4-7,9H2,1-3H3,(H2,15,16,17). The van der Waals surface area contributed by atoms with E-state index in [4.69, 9.17) is 10.5 Å². The zero-order valence-corrected chi connectivity index (χ0v) is 12.1. The van der Waals surface area contributed by atoms with E-state index in [1.54, 1.807) is 6.07 Å². The molecule has 0 aliphatic carbocycles. The summed E-state index contributed by atoms with van der Waals surface area (Å²) in [7, 11) is 2.15. The molecule has 1 fully saturated rings. The van der Waals surface area contributed by atoms with Gasteiger partial charge in [-0.2, -0.15) is 4.98 Å². The van der Waals surface area contributed by atoms with Crippen LogP contribution in [0.2, 0.25) is 0 Å². The number of hydrogen-bond acceptors (Lipinski definition) is 5. The number of likely N-dealkylation sites (tertiary alicyclic amines) is 1. The summed E-state index contributed by atoms with van der Waals surface area (Å²) in [6.45, 7) is 5.92. The van der Waals surface area contributed by atoms with Crippen LogP contribution in [0.5, 0.6) is 5.88 Å². The molecule has 106 valence electrons. The second-order valence-electron chi connectivity index (χ2n) is 5.59. The van der Waals surface area contributed by atoms with Crippen LogP contribution in [0, 0.1) is 0 Å². The fraction of sp³-hybridized carbons (Fsp3) is 0.714. The molecule has 1 aromatic heterocycles. The number of nitrogen functional groups attached to an aromatic ring is 1. The molecule has 0 saturated carbocycles. The van der Waals surface area contributed by atoms with Crippen LogP contribution >= 0.6 is 0 Å². The summed E-state index contributed by atoms with van der Waals surface area (Å²) in [5.74, 6) is 2.07. The van der Waals surface area contributed by atoms with Crippen molar-refractivity contribution in [1.82, 2.24) is 14.9 Å². The summed E-state index contributed by atoms with van der Waals surface area (Å²) in [4.78, 5) is 11.0. The Balaban J connectivity index is 1.98. The Labute approximate surface area is 115 Å². The van der Waals surface area contributed by atoms with Gasteiger partial charge in [-0.15, -0.1) is 0 Å². The van der Waals surface area contributed by atoms with Gasteiger partial charge in [0, 0.05) is 18.0 Å². The van der Waals surface area contributed by atoms with E-state index in [-0.39, 0.29) is 5.92 Å². The minimum Gasteiger partial charge on any atom is -0.476 e. The Bertz CT molecular complexity index is 422. The molecule has 0 amide bonds. The number of nitrogens with zero attached hydrogens (tertiary/aromatic N) is 3. The molecule has 19 heavy (non-hydrogen) atoms. The van der Waals surface area contributed by atoms with Gasteiger partial charge in [-0.3, -0.25) is 0 Å². The van der Waals surface area contributed by atoms with Crippen LogP contribution in [-0.4, -0.2) is 41.1 Å². The number of ether oxygens (including phenoxy) is 1. The fourth-order valence-corrected chi connectivity index (χ4v) is 2.33. The lowest BCUT2D eigenvalue weighted by molar-refractivity contribution is 0.122. The van der Waals surface area contributed by atoms with E-state index < -0.39 is 0 Å². The molecule has 0 bridgehead atoms. The average Bonchev–Trinajstić information content (AvgIpc) is 2.37. The second kappa shape index (κ2) is 6.19. The fourth-order valence-electron chi connectivity index (χ4n) is 2.33.